The van der Waals surface area contributed by atoms with Gasteiger partial charge in [-0.25, -0.2) is 0 Å². The highest BCUT2D eigenvalue weighted by Gasteiger charge is 2.24. The number of benzene rings is 1. The zero-order valence-corrected chi connectivity index (χ0v) is 10.3. The lowest BCUT2D eigenvalue weighted by atomic mass is 10.1. The van der Waals surface area contributed by atoms with Crippen molar-refractivity contribution in [3.05, 3.63) is 36.0 Å². The summed E-state index contributed by atoms with van der Waals surface area (Å²) in [5, 5.41) is 9.93. The van der Waals surface area contributed by atoms with E-state index in [-0.39, 0.29) is 5.91 Å². The van der Waals surface area contributed by atoms with Crippen molar-refractivity contribution in [3.8, 4) is 6.07 Å². The van der Waals surface area contributed by atoms with Gasteiger partial charge in [-0.15, -0.1) is 0 Å². The molecule has 2 heterocycles. The number of rotatable bonds is 1. The fourth-order valence-corrected chi connectivity index (χ4v) is 2.28. The Morgan fingerprint density at radius 2 is 2.37 bits per heavy atom. The van der Waals surface area contributed by atoms with Gasteiger partial charge in [0.15, 0.2) is 6.10 Å². The minimum Gasteiger partial charge on any atom is -0.361 e. The van der Waals surface area contributed by atoms with Crippen molar-refractivity contribution in [1.29, 1.82) is 5.26 Å². The highest BCUT2D eigenvalue weighted by molar-refractivity contribution is 5.98. The predicted octanol–water partition coefficient (Wildman–Crippen LogP) is 1.53. The average Bonchev–Trinajstić information content (AvgIpc) is 2.94. The molecule has 1 N–H and O–H groups in total. The Labute approximate surface area is 110 Å². The molecule has 2 aromatic rings. The second-order valence-electron chi connectivity index (χ2n) is 4.52. The summed E-state index contributed by atoms with van der Waals surface area (Å²) in [4.78, 5) is 17.1. The minimum absolute atomic E-state index is 0.0555. The second kappa shape index (κ2) is 4.75. The van der Waals surface area contributed by atoms with Crippen molar-refractivity contribution in [2.45, 2.75) is 6.10 Å². The van der Waals surface area contributed by atoms with Gasteiger partial charge in [0.05, 0.1) is 19.2 Å². The van der Waals surface area contributed by atoms with Gasteiger partial charge >= 0.3 is 0 Å². The van der Waals surface area contributed by atoms with Crippen LogP contribution < -0.4 is 0 Å². The van der Waals surface area contributed by atoms with Gasteiger partial charge in [0, 0.05) is 23.8 Å². The molecule has 0 radical (unpaired) electrons. The molecule has 1 atom stereocenters. The Morgan fingerprint density at radius 3 is 3.21 bits per heavy atom. The molecule has 0 spiro atoms. The number of hydrogen-bond donors (Lipinski definition) is 1. The molecule has 1 saturated heterocycles. The molecule has 1 fully saturated rings. The first-order valence-corrected chi connectivity index (χ1v) is 6.15. The first-order chi connectivity index (χ1) is 9.28. The van der Waals surface area contributed by atoms with Crippen LogP contribution >= 0.6 is 0 Å². The number of aromatic amines is 1. The van der Waals surface area contributed by atoms with Crippen molar-refractivity contribution < 1.29 is 9.53 Å². The lowest BCUT2D eigenvalue weighted by molar-refractivity contribution is 0.00347. The van der Waals surface area contributed by atoms with E-state index in [4.69, 9.17) is 10.00 Å². The van der Waals surface area contributed by atoms with Crippen molar-refractivity contribution >= 4 is 16.8 Å². The van der Waals surface area contributed by atoms with Crippen LogP contribution in [0.1, 0.15) is 10.4 Å². The van der Waals surface area contributed by atoms with Crippen LogP contribution in [-0.4, -0.2) is 41.6 Å². The topological polar surface area (TPSA) is 69.1 Å². The zero-order valence-electron chi connectivity index (χ0n) is 10.3. The third-order valence-electron chi connectivity index (χ3n) is 3.30. The van der Waals surface area contributed by atoms with E-state index in [0.717, 1.165) is 10.9 Å². The number of carbonyl (C=O) groups excluding carboxylic acids is 1. The van der Waals surface area contributed by atoms with Gasteiger partial charge in [-0.2, -0.15) is 5.26 Å². The molecule has 1 amide bonds. The number of nitrogens with zero attached hydrogens (tertiary/aromatic N) is 2. The molecule has 5 heteroatoms. The van der Waals surface area contributed by atoms with Crippen LogP contribution in [0.2, 0.25) is 0 Å². The second-order valence-corrected chi connectivity index (χ2v) is 4.52. The number of carbonyl (C=O) groups is 1. The molecule has 1 aliphatic rings. The maximum absolute atomic E-state index is 12.4. The maximum atomic E-state index is 12.4. The van der Waals surface area contributed by atoms with Crippen LogP contribution in [0.15, 0.2) is 30.5 Å². The largest absolute Gasteiger partial charge is 0.361 e. The van der Waals surface area contributed by atoms with Crippen LogP contribution in [0, 0.1) is 11.3 Å². The number of hydrogen-bond acceptors (Lipinski definition) is 3. The fourth-order valence-electron chi connectivity index (χ4n) is 2.28. The van der Waals surface area contributed by atoms with Crippen LogP contribution in [0.3, 0.4) is 0 Å². The van der Waals surface area contributed by atoms with Crippen LogP contribution in [0.25, 0.3) is 10.9 Å². The normalized spacial score (nSPS) is 19.3. The number of amides is 1. The van der Waals surface area contributed by atoms with E-state index in [9.17, 15) is 4.79 Å². The SMILES string of the molecule is N#CC1CN(C(=O)c2ccc3cc[nH]c3c2)CCO1. The van der Waals surface area contributed by atoms with Gasteiger partial charge in [0.25, 0.3) is 5.91 Å². The third-order valence-corrected chi connectivity index (χ3v) is 3.30. The van der Waals surface area contributed by atoms with Crippen LogP contribution in [0.5, 0.6) is 0 Å². The number of aromatic nitrogens is 1. The summed E-state index contributed by atoms with van der Waals surface area (Å²) in [5.41, 5.74) is 1.57. The van der Waals surface area contributed by atoms with Gasteiger partial charge in [-0.3, -0.25) is 4.79 Å². The highest BCUT2D eigenvalue weighted by atomic mass is 16.5. The number of ether oxygens (including phenoxy) is 1. The Bertz CT molecular complexity index is 656. The summed E-state index contributed by atoms with van der Waals surface area (Å²) in [5.74, 6) is -0.0555. The summed E-state index contributed by atoms with van der Waals surface area (Å²) < 4.78 is 5.24. The minimum atomic E-state index is -0.521. The molecule has 3 rings (SSSR count). The van der Waals surface area contributed by atoms with Crippen LogP contribution in [-0.2, 0) is 4.74 Å². The molecule has 0 bridgehead atoms. The number of H-pyrrole nitrogens is 1. The molecule has 1 unspecified atom stereocenters. The Kier molecular flexibility index (Phi) is 2.94. The Balaban J connectivity index is 1.84. The molecule has 19 heavy (non-hydrogen) atoms. The smallest absolute Gasteiger partial charge is 0.254 e. The zero-order chi connectivity index (χ0) is 13.2. The first kappa shape index (κ1) is 11.8. The number of morpholine rings is 1. The van der Waals surface area contributed by atoms with E-state index in [1.54, 1.807) is 4.90 Å². The van der Waals surface area contributed by atoms with E-state index in [1.807, 2.05) is 36.5 Å². The average molecular weight is 255 g/mol. The van der Waals surface area contributed by atoms with E-state index < -0.39 is 6.10 Å². The van der Waals surface area contributed by atoms with Gasteiger partial charge < -0.3 is 14.6 Å². The first-order valence-electron chi connectivity index (χ1n) is 6.15. The summed E-state index contributed by atoms with van der Waals surface area (Å²) >= 11 is 0. The lowest BCUT2D eigenvalue weighted by Crippen LogP contribution is -2.45. The summed E-state index contributed by atoms with van der Waals surface area (Å²) in [6.45, 7) is 1.27. The Hall–Kier alpha value is -2.32. The third kappa shape index (κ3) is 2.18. The van der Waals surface area contributed by atoms with E-state index in [2.05, 4.69) is 4.98 Å². The maximum Gasteiger partial charge on any atom is 0.254 e. The molecule has 96 valence electrons. The Morgan fingerprint density at radius 1 is 1.47 bits per heavy atom. The predicted molar refractivity (Wildman–Crippen MR) is 69.6 cm³/mol. The van der Waals surface area contributed by atoms with Crippen LogP contribution in [0.4, 0.5) is 0 Å². The van der Waals surface area contributed by atoms with Gasteiger partial charge in [0.1, 0.15) is 0 Å². The van der Waals surface area contributed by atoms with Crippen molar-refractivity contribution in [1.82, 2.24) is 9.88 Å². The molecule has 5 nitrogen and oxygen atoms in total. The molecule has 0 aliphatic carbocycles. The van der Waals surface area contributed by atoms with E-state index in [1.165, 1.54) is 0 Å². The summed E-state index contributed by atoms with van der Waals surface area (Å²) in [6, 6.07) is 9.58. The van der Waals surface area contributed by atoms with Gasteiger partial charge in [-0.05, 0) is 23.6 Å². The molecule has 1 aromatic carbocycles. The van der Waals surface area contributed by atoms with Crippen molar-refractivity contribution in [3.63, 3.8) is 0 Å². The molecule has 0 saturated carbocycles. The molecular formula is C14H13N3O2. The summed E-state index contributed by atoms with van der Waals surface area (Å²) in [7, 11) is 0. The van der Waals surface area contributed by atoms with E-state index >= 15 is 0 Å². The number of nitriles is 1. The summed E-state index contributed by atoms with van der Waals surface area (Å²) in [6.07, 6.45) is 1.33. The standard InChI is InChI=1S/C14H13N3O2/c15-8-12-9-17(5-6-19-12)14(18)11-2-1-10-3-4-16-13(10)7-11/h1-4,7,12,16H,5-6,9H2. The molecule has 1 aliphatic heterocycles. The fraction of sp³-hybridized carbons (Fsp3) is 0.286. The van der Waals surface area contributed by atoms with Gasteiger partial charge in [0.2, 0.25) is 0 Å². The number of fused-ring (bicyclic) bond motifs is 1. The monoisotopic (exact) mass is 255 g/mol. The van der Waals surface area contributed by atoms with Crippen molar-refractivity contribution in [2.24, 2.45) is 0 Å². The lowest BCUT2D eigenvalue weighted by Gasteiger charge is -2.29. The molecular weight excluding hydrogens is 242 g/mol. The van der Waals surface area contributed by atoms with E-state index in [0.29, 0.717) is 25.3 Å². The molecule has 1 aromatic heterocycles. The highest BCUT2D eigenvalue weighted by Crippen LogP contribution is 2.17. The number of nitrogens with one attached hydrogen (secondary N) is 1. The van der Waals surface area contributed by atoms with Gasteiger partial charge in [-0.1, -0.05) is 6.07 Å². The quantitative estimate of drug-likeness (QED) is 0.840. The van der Waals surface area contributed by atoms with Crippen molar-refractivity contribution in [2.75, 3.05) is 19.7 Å².